The Morgan fingerprint density at radius 1 is 1.33 bits per heavy atom. The molecular weight excluding hydrogens is 226 g/mol. The van der Waals surface area contributed by atoms with Crippen molar-refractivity contribution >= 4 is 0 Å². The summed E-state index contributed by atoms with van der Waals surface area (Å²) in [7, 11) is 4.25. The summed E-state index contributed by atoms with van der Waals surface area (Å²) in [5.74, 6) is 0. The second-order valence-corrected chi connectivity index (χ2v) is 5.43. The van der Waals surface area contributed by atoms with Crippen molar-refractivity contribution in [2.24, 2.45) is 0 Å². The molecule has 1 fully saturated rings. The molecular formula is C14H31N3O. The highest BCUT2D eigenvalue weighted by Gasteiger charge is 2.19. The van der Waals surface area contributed by atoms with E-state index in [0.29, 0.717) is 6.10 Å². The van der Waals surface area contributed by atoms with Crippen molar-refractivity contribution in [3.8, 4) is 0 Å². The summed E-state index contributed by atoms with van der Waals surface area (Å²) >= 11 is 0. The fourth-order valence-electron chi connectivity index (χ4n) is 2.47. The van der Waals surface area contributed by atoms with E-state index >= 15 is 0 Å². The molecule has 0 amide bonds. The lowest BCUT2D eigenvalue weighted by Gasteiger charge is -2.32. The summed E-state index contributed by atoms with van der Waals surface area (Å²) in [6.45, 7) is 9.85. The van der Waals surface area contributed by atoms with Crippen LogP contribution in [0, 0.1) is 0 Å². The first kappa shape index (κ1) is 15.9. The molecule has 1 heterocycles. The molecule has 4 nitrogen and oxygen atoms in total. The lowest BCUT2D eigenvalue weighted by molar-refractivity contribution is 0.00637. The summed E-state index contributed by atoms with van der Waals surface area (Å²) in [6.07, 6.45) is 4.22. The van der Waals surface area contributed by atoms with Gasteiger partial charge in [0.15, 0.2) is 0 Å². The van der Waals surface area contributed by atoms with Gasteiger partial charge in [0.1, 0.15) is 0 Å². The van der Waals surface area contributed by atoms with Crippen LogP contribution in [0.4, 0.5) is 0 Å². The number of piperidine rings is 1. The highest BCUT2D eigenvalue weighted by atomic mass is 16.5. The van der Waals surface area contributed by atoms with Crippen LogP contribution < -0.4 is 5.32 Å². The molecule has 4 heteroatoms. The van der Waals surface area contributed by atoms with E-state index in [4.69, 9.17) is 4.74 Å². The van der Waals surface area contributed by atoms with Gasteiger partial charge in [-0.25, -0.2) is 0 Å². The molecule has 0 saturated carbocycles. The summed E-state index contributed by atoms with van der Waals surface area (Å²) in [5, 5.41) is 3.53. The Bertz CT molecular complexity index is 197. The number of hydrogen-bond acceptors (Lipinski definition) is 4. The summed E-state index contributed by atoms with van der Waals surface area (Å²) in [5.41, 5.74) is 0. The van der Waals surface area contributed by atoms with Crippen molar-refractivity contribution in [1.29, 1.82) is 0 Å². The first-order valence-electron chi connectivity index (χ1n) is 7.41. The van der Waals surface area contributed by atoms with E-state index in [1.54, 1.807) is 0 Å². The second kappa shape index (κ2) is 9.73. The third kappa shape index (κ3) is 7.31. The first-order valence-corrected chi connectivity index (χ1v) is 7.41. The SMILES string of the molecule is CCOC1CCCN(CCNCCCN(C)C)C1. The molecule has 1 atom stereocenters. The van der Waals surface area contributed by atoms with Crippen LogP contribution in [0.15, 0.2) is 0 Å². The van der Waals surface area contributed by atoms with Crippen LogP contribution in [0.25, 0.3) is 0 Å². The molecule has 1 unspecified atom stereocenters. The van der Waals surface area contributed by atoms with E-state index in [0.717, 1.165) is 32.8 Å². The lowest BCUT2D eigenvalue weighted by atomic mass is 10.1. The molecule has 0 aromatic carbocycles. The number of rotatable bonds is 9. The van der Waals surface area contributed by atoms with Crippen LogP contribution in [0.5, 0.6) is 0 Å². The molecule has 0 aromatic rings. The number of likely N-dealkylation sites (tertiary alicyclic amines) is 1. The zero-order valence-electron chi connectivity index (χ0n) is 12.5. The normalized spacial score (nSPS) is 21.7. The van der Waals surface area contributed by atoms with Crippen molar-refractivity contribution in [2.75, 3.05) is 60.0 Å². The van der Waals surface area contributed by atoms with Gasteiger partial charge >= 0.3 is 0 Å². The monoisotopic (exact) mass is 257 g/mol. The number of nitrogens with one attached hydrogen (secondary N) is 1. The second-order valence-electron chi connectivity index (χ2n) is 5.43. The van der Waals surface area contributed by atoms with Crippen molar-refractivity contribution in [1.82, 2.24) is 15.1 Å². The maximum absolute atomic E-state index is 5.72. The molecule has 1 N–H and O–H groups in total. The largest absolute Gasteiger partial charge is 0.377 e. The Morgan fingerprint density at radius 2 is 2.17 bits per heavy atom. The molecule has 1 aliphatic rings. The predicted octanol–water partition coefficient (Wildman–Crippen LogP) is 1.03. The van der Waals surface area contributed by atoms with Gasteiger partial charge in [0.2, 0.25) is 0 Å². The van der Waals surface area contributed by atoms with Crippen LogP contribution >= 0.6 is 0 Å². The van der Waals surface area contributed by atoms with Crippen molar-refractivity contribution in [3.05, 3.63) is 0 Å². The Hall–Kier alpha value is -0.160. The molecule has 1 aliphatic heterocycles. The van der Waals surface area contributed by atoms with Gasteiger partial charge in [0, 0.05) is 26.2 Å². The number of ether oxygens (including phenoxy) is 1. The van der Waals surface area contributed by atoms with Gasteiger partial charge in [0.05, 0.1) is 6.10 Å². The standard InChI is InChI=1S/C14H31N3O/c1-4-18-14-7-5-11-17(13-14)12-9-15-8-6-10-16(2)3/h14-15H,4-13H2,1-3H3. The predicted molar refractivity (Wildman–Crippen MR) is 77.1 cm³/mol. The van der Waals surface area contributed by atoms with Crippen LogP contribution in [0.3, 0.4) is 0 Å². The van der Waals surface area contributed by atoms with E-state index in [9.17, 15) is 0 Å². The molecule has 0 bridgehead atoms. The third-order valence-corrected chi connectivity index (χ3v) is 3.43. The minimum Gasteiger partial charge on any atom is -0.377 e. The van der Waals surface area contributed by atoms with Crippen molar-refractivity contribution < 1.29 is 4.74 Å². The molecule has 1 saturated heterocycles. The maximum atomic E-state index is 5.72. The fourth-order valence-corrected chi connectivity index (χ4v) is 2.47. The number of hydrogen-bond donors (Lipinski definition) is 1. The fraction of sp³-hybridized carbons (Fsp3) is 1.00. The highest BCUT2D eigenvalue weighted by Crippen LogP contribution is 2.12. The van der Waals surface area contributed by atoms with E-state index < -0.39 is 0 Å². The molecule has 0 aromatic heterocycles. The van der Waals surface area contributed by atoms with Crippen LogP contribution in [-0.4, -0.2) is 75.9 Å². The van der Waals surface area contributed by atoms with E-state index in [1.807, 2.05) is 0 Å². The zero-order valence-corrected chi connectivity index (χ0v) is 12.5. The van der Waals surface area contributed by atoms with Gasteiger partial charge in [-0.3, -0.25) is 4.90 Å². The van der Waals surface area contributed by atoms with E-state index in [-0.39, 0.29) is 0 Å². The summed E-state index contributed by atoms with van der Waals surface area (Å²) in [4.78, 5) is 4.77. The lowest BCUT2D eigenvalue weighted by Crippen LogP contribution is -2.42. The van der Waals surface area contributed by atoms with Crippen molar-refractivity contribution in [2.45, 2.75) is 32.3 Å². The van der Waals surface area contributed by atoms with Crippen LogP contribution in [0.2, 0.25) is 0 Å². The zero-order chi connectivity index (χ0) is 13.2. The molecule has 0 radical (unpaired) electrons. The Morgan fingerprint density at radius 3 is 2.89 bits per heavy atom. The van der Waals surface area contributed by atoms with Gasteiger partial charge < -0.3 is 15.0 Å². The smallest absolute Gasteiger partial charge is 0.0702 e. The summed E-state index contributed by atoms with van der Waals surface area (Å²) < 4.78 is 5.72. The van der Waals surface area contributed by atoms with Gasteiger partial charge in [-0.05, 0) is 59.9 Å². The third-order valence-electron chi connectivity index (χ3n) is 3.43. The van der Waals surface area contributed by atoms with E-state index in [2.05, 4.69) is 36.1 Å². The van der Waals surface area contributed by atoms with Gasteiger partial charge in [-0.15, -0.1) is 0 Å². The Kier molecular flexibility index (Phi) is 8.59. The van der Waals surface area contributed by atoms with Gasteiger partial charge in [0.25, 0.3) is 0 Å². The maximum Gasteiger partial charge on any atom is 0.0702 e. The van der Waals surface area contributed by atoms with Gasteiger partial charge in [-0.1, -0.05) is 0 Å². The van der Waals surface area contributed by atoms with Crippen molar-refractivity contribution in [3.63, 3.8) is 0 Å². The van der Waals surface area contributed by atoms with Gasteiger partial charge in [-0.2, -0.15) is 0 Å². The first-order chi connectivity index (χ1) is 8.72. The quantitative estimate of drug-likeness (QED) is 0.624. The van der Waals surface area contributed by atoms with E-state index in [1.165, 1.54) is 32.4 Å². The van der Waals surface area contributed by atoms with Crippen LogP contribution in [-0.2, 0) is 4.74 Å². The average Bonchev–Trinajstić information content (AvgIpc) is 2.34. The molecule has 18 heavy (non-hydrogen) atoms. The Balaban J connectivity index is 1.98. The molecule has 108 valence electrons. The molecule has 1 rings (SSSR count). The van der Waals surface area contributed by atoms with Crippen LogP contribution in [0.1, 0.15) is 26.2 Å². The molecule has 0 spiro atoms. The topological polar surface area (TPSA) is 27.7 Å². The minimum absolute atomic E-state index is 0.470. The highest BCUT2D eigenvalue weighted by molar-refractivity contribution is 4.73. The summed E-state index contributed by atoms with van der Waals surface area (Å²) in [6, 6.07) is 0. The minimum atomic E-state index is 0.470. The average molecular weight is 257 g/mol. The molecule has 0 aliphatic carbocycles. The number of nitrogens with zero attached hydrogens (tertiary/aromatic N) is 2. The Labute approximate surface area is 113 Å².